The normalized spacial score (nSPS) is 10.8. The Balaban J connectivity index is 2.09. The smallest absolute Gasteiger partial charge is 0.120 e. The molecule has 0 radical (unpaired) electrons. The quantitative estimate of drug-likeness (QED) is 0.869. The van der Waals surface area contributed by atoms with E-state index in [0.717, 1.165) is 28.4 Å². The third-order valence-corrected chi connectivity index (χ3v) is 4.92. The van der Waals surface area contributed by atoms with Gasteiger partial charge in [0.05, 0.1) is 0 Å². The first kappa shape index (κ1) is 15.4. The van der Waals surface area contributed by atoms with Crippen LogP contribution in [0.2, 0.25) is 5.02 Å². The summed E-state index contributed by atoms with van der Waals surface area (Å²) >= 11 is 7.99. The second-order valence-electron chi connectivity index (χ2n) is 4.98. The maximum Gasteiger partial charge on any atom is 0.120 e. The molecular formula is C16H20ClNOS. The van der Waals surface area contributed by atoms with Crippen LogP contribution in [0.1, 0.15) is 26.4 Å². The molecule has 0 spiro atoms. The van der Waals surface area contributed by atoms with Crippen LogP contribution in [0.5, 0.6) is 5.75 Å². The molecule has 0 unspecified atom stereocenters. The summed E-state index contributed by atoms with van der Waals surface area (Å²) < 4.78 is 5.91. The molecule has 2 rings (SSSR count). The van der Waals surface area contributed by atoms with Gasteiger partial charge in [-0.2, -0.15) is 0 Å². The van der Waals surface area contributed by atoms with Gasteiger partial charge in [-0.1, -0.05) is 11.6 Å². The summed E-state index contributed by atoms with van der Waals surface area (Å²) in [6, 6.07) is 6.20. The SMILES string of the molecule is CNCc1cc(COc2cc(C)c(Cl)c(C)c2)c(C)s1. The number of nitrogens with one attached hydrogen (secondary N) is 1. The van der Waals surface area contributed by atoms with Crippen molar-refractivity contribution in [2.45, 2.75) is 33.9 Å². The molecule has 0 atom stereocenters. The molecule has 1 aromatic heterocycles. The molecule has 0 amide bonds. The summed E-state index contributed by atoms with van der Waals surface area (Å²) in [6.45, 7) is 7.66. The summed E-state index contributed by atoms with van der Waals surface area (Å²) in [6.07, 6.45) is 0. The first-order valence-electron chi connectivity index (χ1n) is 6.63. The van der Waals surface area contributed by atoms with Gasteiger partial charge >= 0.3 is 0 Å². The second-order valence-corrected chi connectivity index (χ2v) is 6.70. The van der Waals surface area contributed by atoms with E-state index in [1.807, 2.05) is 44.4 Å². The minimum absolute atomic E-state index is 0.604. The lowest BCUT2D eigenvalue weighted by Gasteiger charge is -2.09. The van der Waals surface area contributed by atoms with Crippen molar-refractivity contribution in [1.29, 1.82) is 0 Å². The fourth-order valence-electron chi connectivity index (χ4n) is 2.14. The van der Waals surface area contributed by atoms with E-state index < -0.39 is 0 Å². The molecule has 0 fully saturated rings. The van der Waals surface area contributed by atoms with E-state index in [-0.39, 0.29) is 0 Å². The highest BCUT2D eigenvalue weighted by atomic mass is 35.5. The Hall–Kier alpha value is -1.03. The first-order chi connectivity index (χ1) is 9.51. The number of aryl methyl sites for hydroxylation is 3. The van der Waals surface area contributed by atoms with Gasteiger partial charge in [0.2, 0.25) is 0 Å². The Morgan fingerprint density at radius 2 is 1.80 bits per heavy atom. The monoisotopic (exact) mass is 309 g/mol. The number of halogens is 1. The average molecular weight is 310 g/mol. The molecule has 0 aliphatic carbocycles. The largest absolute Gasteiger partial charge is 0.489 e. The molecule has 108 valence electrons. The summed E-state index contributed by atoms with van der Waals surface area (Å²) in [7, 11) is 1.96. The van der Waals surface area contributed by atoms with Crippen molar-refractivity contribution in [2.75, 3.05) is 7.05 Å². The molecule has 0 bridgehead atoms. The summed E-state index contributed by atoms with van der Waals surface area (Å²) in [5.41, 5.74) is 3.37. The number of hydrogen-bond donors (Lipinski definition) is 1. The van der Waals surface area contributed by atoms with Crippen LogP contribution in [0.4, 0.5) is 0 Å². The predicted octanol–water partition coefficient (Wildman–Crippen LogP) is 4.63. The molecule has 0 saturated heterocycles. The van der Waals surface area contributed by atoms with Gasteiger partial charge in [-0.25, -0.2) is 0 Å². The van der Waals surface area contributed by atoms with E-state index in [1.54, 1.807) is 0 Å². The lowest BCUT2D eigenvalue weighted by Crippen LogP contribution is -2.02. The van der Waals surface area contributed by atoms with Crippen LogP contribution in [0.15, 0.2) is 18.2 Å². The molecule has 0 aliphatic rings. The fourth-order valence-corrected chi connectivity index (χ4v) is 3.31. The van der Waals surface area contributed by atoms with Gasteiger partial charge in [0, 0.05) is 26.9 Å². The molecule has 0 aliphatic heterocycles. The Bertz CT molecular complexity index is 584. The third kappa shape index (κ3) is 3.54. The number of rotatable bonds is 5. The van der Waals surface area contributed by atoms with E-state index in [4.69, 9.17) is 16.3 Å². The molecule has 4 heteroatoms. The van der Waals surface area contributed by atoms with Crippen LogP contribution in [0.3, 0.4) is 0 Å². The minimum atomic E-state index is 0.604. The van der Waals surface area contributed by atoms with Crippen LogP contribution in [0, 0.1) is 20.8 Å². The standard InChI is InChI=1S/C16H20ClNOS/c1-10-5-14(6-11(2)16(10)17)19-9-13-7-15(8-18-4)20-12(13)3/h5-7,18H,8-9H2,1-4H3. The van der Waals surface area contributed by atoms with Crippen LogP contribution >= 0.6 is 22.9 Å². The highest BCUT2D eigenvalue weighted by Gasteiger charge is 2.08. The van der Waals surface area contributed by atoms with Gasteiger partial charge in [-0.3, -0.25) is 0 Å². The summed E-state index contributed by atoms with van der Waals surface area (Å²) in [4.78, 5) is 2.66. The molecule has 2 nitrogen and oxygen atoms in total. The van der Waals surface area contributed by atoms with Gasteiger partial charge in [0.25, 0.3) is 0 Å². The molecule has 1 N–H and O–H groups in total. The molecule has 1 aromatic carbocycles. The van der Waals surface area contributed by atoms with E-state index in [2.05, 4.69) is 18.3 Å². The number of ether oxygens (including phenoxy) is 1. The molecule has 0 saturated carbocycles. The van der Waals surface area contributed by atoms with Crippen molar-refractivity contribution in [1.82, 2.24) is 5.32 Å². The average Bonchev–Trinajstić information content (AvgIpc) is 2.74. The molecule has 20 heavy (non-hydrogen) atoms. The van der Waals surface area contributed by atoms with Crippen LogP contribution in [-0.2, 0) is 13.2 Å². The Kier molecular flexibility index (Phi) is 5.08. The lowest BCUT2D eigenvalue weighted by atomic mass is 10.1. The Morgan fingerprint density at radius 1 is 1.15 bits per heavy atom. The topological polar surface area (TPSA) is 21.3 Å². The van der Waals surface area contributed by atoms with Crippen molar-refractivity contribution in [2.24, 2.45) is 0 Å². The summed E-state index contributed by atoms with van der Waals surface area (Å²) in [5, 5.41) is 3.99. The number of thiophene rings is 1. The van der Waals surface area contributed by atoms with E-state index in [9.17, 15) is 0 Å². The zero-order chi connectivity index (χ0) is 14.7. The van der Waals surface area contributed by atoms with Crippen LogP contribution in [0.25, 0.3) is 0 Å². The highest BCUT2D eigenvalue weighted by Crippen LogP contribution is 2.28. The Labute approximate surface area is 129 Å². The van der Waals surface area contributed by atoms with Gasteiger partial charge in [-0.15, -0.1) is 11.3 Å². The van der Waals surface area contributed by atoms with Gasteiger partial charge in [0.1, 0.15) is 12.4 Å². The highest BCUT2D eigenvalue weighted by molar-refractivity contribution is 7.12. The third-order valence-electron chi connectivity index (χ3n) is 3.23. The lowest BCUT2D eigenvalue weighted by molar-refractivity contribution is 0.305. The first-order valence-corrected chi connectivity index (χ1v) is 7.83. The minimum Gasteiger partial charge on any atom is -0.489 e. The molecule has 1 heterocycles. The maximum absolute atomic E-state index is 6.17. The zero-order valence-electron chi connectivity index (χ0n) is 12.3. The predicted molar refractivity (Wildman–Crippen MR) is 87.1 cm³/mol. The van der Waals surface area contributed by atoms with Crippen molar-refractivity contribution >= 4 is 22.9 Å². The van der Waals surface area contributed by atoms with E-state index in [0.29, 0.717) is 6.61 Å². The van der Waals surface area contributed by atoms with Crippen molar-refractivity contribution < 1.29 is 4.74 Å². The molecule has 2 aromatic rings. The van der Waals surface area contributed by atoms with Crippen LogP contribution in [-0.4, -0.2) is 7.05 Å². The van der Waals surface area contributed by atoms with E-state index in [1.165, 1.54) is 15.3 Å². The second kappa shape index (κ2) is 6.61. The number of hydrogen-bond acceptors (Lipinski definition) is 3. The van der Waals surface area contributed by atoms with Gasteiger partial charge in [-0.05, 0) is 57.1 Å². The van der Waals surface area contributed by atoms with Gasteiger partial charge in [0.15, 0.2) is 0 Å². The molecular weight excluding hydrogens is 290 g/mol. The van der Waals surface area contributed by atoms with Crippen LogP contribution < -0.4 is 10.1 Å². The number of benzene rings is 1. The van der Waals surface area contributed by atoms with E-state index >= 15 is 0 Å². The fraction of sp³-hybridized carbons (Fsp3) is 0.375. The van der Waals surface area contributed by atoms with Crippen molar-refractivity contribution in [3.8, 4) is 5.75 Å². The zero-order valence-corrected chi connectivity index (χ0v) is 13.9. The van der Waals surface area contributed by atoms with Crippen molar-refractivity contribution in [3.05, 3.63) is 49.7 Å². The maximum atomic E-state index is 6.17. The van der Waals surface area contributed by atoms with Crippen molar-refractivity contribution in [3.63, 3.8) is 0 Å². The summed E-state index contributed by atoms with van der Waals surface area (Å²) in [5.74, 6) is 0.880. The Morgan fingerprint density at radius 3 is 2.40 bits per heavy atom. The van der Waals surface area contributed by atoms with Gasteiger partial charge < -0.3 is 10.1 Å².